The molecule has 0 aliphatic carbocycles. The third kappa shape index (κ3) is 4.86. The molecule has 1 N–H and O–H groups in total. The summed E-state index contributed by atoms with van der Waals surface area (Å²) in [6.45, 7) is 6.90. The number of aliphatic hydroxyl groups excluding tert-OH is 1. The normalized spacial score (nSPS) is 27.1. The average molecular weight is 551 g/mol. The molecule has 3 saturated heterocycles. The molecule has 208 valence electrons. The molecule has 5 rings (SSSR count). The number of aliphatic hydroxyl groups is 1. The minimum Gasteiger partial charge on any atom is -0.466 e. The van der Waals surface area contributed by atoms with Gasteiger partial charge in [-0.15, -0.1) is 18.3 Å². The number of thioether (sulfide) groups is 1. The molecule has 1 spiro atoms. The van der Waals surface area contributed by atoms with E-state index in [2.05, 4.69) is 6.58 Å². The number of carbonyl (C=O) groups excluding carboxylic acids is 3. The topological polar surface area (TPSA) is 87.2 Å². The molecule has 2 aromatic rings. The van der Waals surface area contributed by atoms with Crippen molar-refractivity contribution in [3.05, 3.63) is 55.1 Å². The summed E-state index contributed by atoms with van der Waals surface area (Å²) in [5.41, 5.74) is 0.772. The Hall–Kier alpha value is -2.84. The Balaban J connectivity index is 1.51. The molecule has 2 amide bonds. The van der Waals surface area contributed by atoms with Gasteiger partial charge in [0.15, 0.2) is 0 Å². The number of benzene rings is 2. The number of ether oxygens (including phenoxy) is 1. The molecular weight excluding hydrogens is 512 g/mol. The Morgan fingerprint density at radius 2 is 1.95 bits per heavy atom. The van der Waals surface area contributed by atoms with E-state index < -0.39 is 22.6 Å². The van der Waals surface area contributed by atoms with Gasteiger partial charge in [0, 0.05) is 30.6 Å². The van der Waals surface area contributed by atoms with Gasteiger partial charge >= 0.3 is 5.97 Å². The Kier molecular flexibility index (Phi) is 8.33. The van der Waals surface area contributed by atoms with Crippen LogP contribution in [0.1, 0.15) is 45.4 Å². The molecule has 2 aromatic carbocycles. The number of fused-ring (bicyclic) bond motifs is 2. The minimum absolute atomic E-state index is 0.00599. The summed E-state index contributed by atoms with van der Waals surface area (Å²) in [5, 5.41) is 11.3. The van der Waals surface area contributed by atoms with Crippen LogP contribution in [-0.2, 0) is 19.1 Å². The summed E-state index contributed by atoms with van der Waals surface area (Å²) in [6.07, 6.45) is 6.44. The number of rotatable bonds is 12. The van der Waals surface area contributed by atoms with Gasteiger partial charge in [0.25, 0.3) is 5.91 Å². The first kappa shape index (κ1) is 27.7. The first-order valence-corrected chi connectivity index (χ1v) is 15.0. The standard InChI is InChI=1S/C31H38N2O5S/c1-3-17-32(23-14-13-21-11-7-8-12-22(21)20-23)29(36)27-31-16-15-24(39-31)25(30(37)38-4-2)26(31)28(35)33(27)18-9-5-6-10-19-34/h3,7-8,11-14,20,24-27,34H,1,4-6,9-10,15-19H2,2H3/t24-,25+,26-,27?,31?/m0/s1. The highest BCUT2D eigenvalue weighted by molar-refractivity contribution is 8.02. The van der Waals surface area contributed by atoms with E-state index in [9.17, 15) is 14.4 Å². The molecule has 3 heterocycles. The van der Waals surface area contributed by atoms with E-state index in [1.54, 1.807) is 34.6 Å². The van der Waals surface area contributed by atoms with Gasteiger partial charge in [-0.2, -0.15) is 0 Å². The molecule has 7 nitrogen and oxygen atoms in total. The van der Waals surface area contributed by atoms with Crippen molar-refractivity contribution in [1.82, 2.24) is 4.90 Å². The van der Waals surface area contributed by atoms with Gasteiger partial charge < -0.3 is 19.6 Å². The molecule has 2 bridgehead atoms. The molecule has 0 radical (unpaired) electrons. The zero-order chi connectivity index (χ0) is 27.6. The number of unbranched alkanes of at least 4 members (excludes halogenated alkanes) is 3. The van der Waals surface area contributed by atoms with Crippen LogP contribution in [0.4, 0.5) is 5.69 Å². The largest absolute Gasteiger partial charge is 0.466 e. The summed E-state index contributed by atoms with van der Waals surface area (Å²) >= 11 is 1.67. The lowest BCUT2D eigenvalue weighted by molar-refractivity contribution is -0.153. The number of hydrogen-bond donors (Lipinski definition) is 1. The molecule has 3 aliphatic rings. The number of hydrogen-bond acceptors (Lipinski definition) is 6. The van der Waals surface area contributed by atoms with Crippen LogP contribution < -0.4 is 4.90 Å². The van der Waals surface area contributed by atoms with Crippen LogP contribution >= 0.6 is 11.8 Å². The van der Waals surface area contributed by atoms with Crippen molar-refractivity contribution >= 4 is 46.0 Å². The monoisotopic (exact) mass is 550 g/mol. The third-order valence-electron chi connectivity index (χ3n) is 8.52. The highest BCUT2D eigenvalue weighted by Crippen LogP contribution is 2.66. The van der Waals surface area contributed by atoms with E-state index in [1.165, 1.54) is 0 Å². The average Bonchev–Trinajstić information content (AvgIpc) is 3.58. The van der Waals surface area contributed by atoms with E-state index in [0.29, 0.717) is 13.1 Å². The van der Waals surface area contributed by atoms with Crippen LogP contribution in [0.25, 0.3) is 10.8 Å². The maximum Gasteiger partial charge on any atom is 0.310 e. The zero-order valence-electron chi connectivity index (χ0n) is 22.6. The Labute approximate surface area is 234 Å². The van der Waals surface area contributed by atoms with Crippen LogP contribution in [0, 0.1) is 11.8 Å². The quantitative estimate of drug-likeness (QED) is 0.237. The maximum atomic E-state index is 14.6. The lowest BCUT2D eigenvalue weighted by Gasteiger charge is -2.37. The van der Waals surface area contributed by atoms with Crippen LogP contribution in [0.3, 0.4) is 0 Å². The highest BCUT2D eigenvalue weighted by Gasteiger charge is 2.74. The van der Waals surface area contributed by atoms with Gasteiger partial charge in [0.2, 0.25) is 5.91 Å². The summed E-state index contributed by atoms with van der Waals surface area (Å²) in [6, 6.07) is 13.4. The van der Waals surface area contributed by atoms with Crippen LogP contribution in [0.5, 0.6) is 0 Å². The van der Waals surface area contributed by atoms with Crippen molar-refractivity contribution in [1.29, 1.82) is 0 Å². The predicted molar refractivity (Wildman–Crippen MR) is 155 cm³/mol. The van der Waals surface area contributed by atoms with Crippen molar-refractivity contribution in [2.24, 2.45) is 11.8 Å². The van der Waals surface area contributed by atoms with Gasteiger partial charge in [-0.25, -0.2) is 0 Å². The van der Waals surface area contributed by atoms with Crippen molar-refractivity contribution < 1.29 is 24.2 Å². The Bertz CT molecular complexity index is 1250. The van der Waals surface area contributed by atoms with Crippen LogP contribution in [0.2, 0.25) is 0 Å². The van der Waals surface area contributed by atoms with Gasteiger partial charge in [-0.05, 0) is 55.5 Å². The number of amides is 2. The minimum atomic E-state index is -0.659. The second-order valence-electron chi connectivity index (χ2n) is 10.7. The fraction of sp³-hybridized carbons (Fsp3) is 0.516. The number of nitrogens with zero attached hydrogens (tertiary/aromatic N) is 2. The fourth-order valence-corrected chi connectivity index (χ4v) is 9.07. The highest BCUT2D eigenvalue weighted by atomic mass is 32.2. The molecular formula is C31H38N2O5S. The van der Waals surface area contributed by atoms with Crippen molar-refractivity contribution in [3.8, 4) is 0 Å². The van der Waals surface area contributed by atoms with Crippen LogP contribution in [-0.4, -0.2) is 70.1 Å². The molecule has 3 fully saturated rings. The van der Waals surface area contributed by atoms with Gasteiger partial charge in [0.1, 0.15) is 6.04 Å². The number of esters is 1. The van der Waals surface area contributed by atoms with E-state index in [1.807, 2.05) is 42.5 Å². The predicted octanol–water partition coefficient (Wildman–Crippen LogP) is 4.57. The van der Waals surface area contributed by atoms with E-state index in [0.717, 1.165) is 55.0 Å². The maximum absolute atomic E-state index is 14.6. The lowest BCUT2D eigenvalue weighted by Crippen LogP contribution is -2.55. The number of carbonyl (C=O) groups is 3. The summed E-state index contributed by atoms with van der Waals surface area (Å²) in [7, 11) is 0. The third-order valence-corrected chi connectivity index (χ3v) is 10.5. The van der Waals surface area contributed by atoms with Gasteiger partial charge in [-0.1, -0.05) is 49.2 Å². The molecule has 0 aromatic heterocycles. The summed E-state index contributed by atoms with van der Waals surface area (Å²) in [4.78, 5) is 45.3. The van der Waals surface area contributed by atoms with Crippen LogP contribution in [0.15, 0.2) is 55.1 Å². The van der Waals surface area contributed by atoms with Crippen molar-refractivity contribution in [2.75, 3.05) is 31.2 Å². The molecule has 5 atom stereocenters. The van der Waals surface area contributed by atoms with Gasteiger partial charge in [0.05, 0.1) is 23.2 Å². The summed E-state index contributed by atoms with van der Waals surface area (Å²) in [5.74, 6) is -1.59. The zero-order valence-corrected chi connectivity index (χ0v) is 23.4. The Morgan fingerprint density at radius 1 is 1.18 bits per heavy atom. The number of anilines is 1. The first-order chi connectivity index (χ1) is 19.0. The molecule has 0 saturated carbocycles. The molecule has 3 aliphatic heterocycles. The fourth-order valence-electron chi connectivity index (χ4n) is 6.87. The smallest absolute Gasteiger partial charge is 0.310 e. The Morgan fingerprint density at radius 3 is 2.69 bits per heavy atom. The van der Waals surface area contributed by atoms with Crippen molar-refractivity contribution in [3.63, 3.8) is 0 Å². The lowest BCUT2D eigenvalue weighted by atomic mass is 9.71. The SMILES string of the molecule is C=CCN(C(=O)C1N(CCCCCCO)C(=O)[C@@H]2[C@H](C(=O)OCC)[C@@H]3CCC12S3)c1ccc2ccccc2c1. The van der Waals surface area contributed by atoms with E-state index >= 15 is 0 Å². The number of likely N-dealkylation sites (tertiary alicyclic amines) is 1. The molecule has 8 heteroatoms. The second-order valence-corrected chi connectivity index (χ2v) is 12.3. The molecule has 2 unspecified atom stereocenters. The first-order valence-electron chi connectivity index (χ1n) is 14.1. The van der Waals surface area contributed by atoms with E-state index in [-0.39, 0.29) is 36.2 Å². The van der Waals surface area contributed by atoms with E-state index in [4.69, 9.17) is 9.84 Å². The summed E-state index contributed by atoms with van der Waals surface area (Å²) < 4.78 is 4.79. The van der Waals surface area contributed by atoms with Crippen molar-refractivity contribution in [2.45, 2.75) is 61.5 Å². The second kappa shape index (κ2) is 11.7. The van der Waals surface area contributed by atoms with Gasteiger partial charge in [-0.3, -0.25) is 14.4 Å². The molecule has 39 heavy (non-hydrogen) atoms.